The number of aromatic nitrogens is 2. The van der Waals surface area contributed by atoms with Gasteiger partial charge in [-0.05, 0) is 121 Å². The molecule has 1 aliphatic rings. The van der Waals surface area contributed by atoms with E-state index in [1.807, 2.05) is 12.3 Å². The molecule has 0 amide bonds. The van der Waals surface area contributed by atoms with E-state index in [2.05, 4.69) is 310 Å². The summed E-state index contributed by atoms with van der Waals surface area (Å²) in [5.41, 5.74) is 18.8. The second-order valence-electron chi connectivity index (χ2n) is 24.6. The maximum absolute atomic E-state index is 7.20. The van der Waals surface area contributed by atoms with E-state index in [4.69, 9.17) is 9.72 Å². The third-order valence-electron chi connectivity index (χ3n) is 16.8. The molecule has 0 spiro atoms. The van der Waals surface area contributed by atoms with Crippen LogP contribution in [0.2, 0.25) is 0 Å². The van der Waals surface area contributed by atoms with Crippen molar-refractivity contribution in [3.8, 4) is 39.6 Å². The molecule has 0 aliphatic carbocycles. The van der Waals surface area contributed by atoms with Gasteiger partial charge in [-0.15, -0.1) is 53.6 Å². The number of anilines is 4. The third-order valence-corrected chi connectivity index (χ3v) is 16.8. The van der Waals surface area contributed by atoms with E-state index >= 15 is 0 Å². The monoisotopic (exact) mass is 1250 g/mol. The van der Waals surface area contributed by atoms with Crippen molar-refractivity contribution in [1.82, 2.24) is 9.55 Å². The fraction of sp³-hybridized carbons (Fsp3) is 0.211. The quantitative estimate of drug-likeness (QED) is 0.108. The Morgan fingerprint density at radius 1 is 0.463 bits per heavy atom. The first-order valence-electron chi connectivity index (χ1n) is 28.6. The summed E-state index contributed by atoms with van der Waals surface area (Å²) in [4.78, 5) is 9.74. The summed E-state index contributed by atoms with van der Waals surface area (Å²) in [6.45, 7) is 27.5. The molecule has 3 heterocycles. The molecular weight excluding hydrogens is 1180 g/mol. The van der Waals surface area contributed by atoms with Crippen LogP contribution in [-0.4, -0.2) is 9.55 Å². The number of rotatable bonds is 13. The van der Waals surface area contributed by atoms with Crippen molar-refractivity contribution in [1.29, 1.82) is 0 Å². The first-order chi connectivity index (χ1) is 38.9. The standard InChI is InChI=1S/C76H71N4O.Pt/c1-50(2)64-31-23-32-65(51(3)4)73(64)54-42-61(47-63(43-54)81-62-35-36-67-66-30-21-22-33-68(66)80(70(67)48-62)72-46-58(38-39-77-72)75(8,9)55-26-17-13-18-27-55)78-49-79(71-45-57(74(5,6)7)34-37-69(71)78)60-41-53(52-24-15-12-16-25-52)40-59(44-60)76(10,11)56-28-19-14-20-29-56;/h12-46,49-51H,1-11H3;/q-3;. The number of fused-ring (bicyclic) bond motifs is 4. The molecule has 11 aromatic rings. The van der Waals surface area contributed by atoms with Gasteiger partial charge in [0.15, 0.2) is 0 Å². The Morgan fingerprint density at radius 3 is 1.76 bits per heavy atom. The average molecular weight is 1250 g/mol. The van der Waals surface area contributed by atoms with Gasteiger partial charge in [0.05, 0.1) is 0 Å². The van der Waals surface area contributed by atoms with Crippen LogP contribution in [0.4, 0.5) is 22.7 Å². The molecule has 0 unspecified atom stereocenters. The summed E-state index contributed by atoms with van der Waals surface area (Å²) in [6.07, 6.45) is 1.93. The maximum Gasteiger partial charge on any atom is 0.135 e. The van der Waals surface area contributed by atoms with Gasteiger partial charge in [-0.1, -0.05) is 221 Å². The Bertz CT molecular complexity index is 4090. The Morgan fingerprint density at radius 2 is 1.10 bits per heavy atom. The van der Waals surface area contributed by atoms with Gasteiger partial charge in [-0.3, -0.25) is 0 Å². The van der Waals surface area contributed by atoms with E-state index in [1.165, 1.54) is 50.1 Å². The minimum absolute atomic E-state index is 0. The summed E-state index contributed by atoms with van der Waals surface area (Å²) in [5.74, 6) is 2.55. The van der Waals surface area contributed by atoms with Crippen LogP contribution in [-0.2, 0) is 37.3 Å². The summed E-state index contributed by atoms with van der Waals surface area (Å²) in [6, 6.07) is 82.4. The third kappa shape index (κ3) is 10.4. The first kappa shape index (κ1) is 55.9. The molecule has 0 saturated heterocycles. The summed E-state index contributed by atoms with van der Waals surface area (Å²) < 4.78 is 9.43. The normalized spacial score (nSPS) is 12.8. The molecule has 82 heavy (non-hydrogen) atoms. The number of ether oxygens (including phenoxy) is 1. The number of para-hydroxylation sites is 1. The van der Waals surface area contributed by atoms with Crippen molar-refractivity contribution in [2.45, 2.75) is 104 Å². The van der Waals surface area contributed by atoms with E-state index in [1.54, 1.807) is 0 Å². The topological polar surface area (TPSA) is 33.5 Å². The molecule has 6 heteroatoms. The van der Waals surface area contributed by atoms with Crippen LogP contribution >= 0.6 is 0 Å². The van der Waals surface area contributed by atoms with Crippen molar-refractivity contribution < 1.29 is 25.8 Å². The van der Waals surface area contributed by atoms with E-state index in [9.17, 15) is 0 Å². The summed E-state index contributed by atoms with van der Waals surface area (Å²) in [7, 11) is 0. The molecule has 0 saturated carbocycles. The van der Waals surface area contributed by atoms with Crippen molar-refractivity contribution in [2.75, 3.05) is 9.80 Å². The van der Waals surface area contributed by atoms with Crippen molar-refractivity contribution in [3.63, 3.8) is 0 Å². The molecular formula is C76H71N4OPt-3. The Labute approximate surface area is 500 Å². The van der Waals surface area contributed by atoms with Crippen molar-refractivity contribution in [3.05, 3.63) is 270 Å². The molecule has 5 nitrogen and oxygen atoms in total. The molecule has 0 N–H and O–H groups in total. The molecule has 0 fully saturated rings. The zero-order chi connectivity index (χ0) is 56.4. The van der Waals surface area contributed by atoms with E-state index in [0.29, 0.717) is 11.5 Å². The van der Waals surface area contributed by atoms with E-state index in [0.717, 1.165) is 61.5 Å². The van der Waals surface area contributed by atoms with Gasteiger partial charge >= 0.3 is 0 Å². The van der Waals surface area contributed by atoms with Crippen LogP contribution in [0, 0.1) is 18.8 Å². The second kappa shape index (κ2) is 22.1. The fourth-order valence-electron chi connectivity index (χ4n) is 11.9. The number of benzene rings is 9. The van der Waals surface area contributed by atoms with Crippen LogP contribution in [0.3, 0.4) is 0 Å². The van der Waals surface area contributed by atoms with Crippen LogP contribution in [0.5, 0.6) is 11.5 Å². The van der Waals surface area contributed by atoms with Crippen molar-refractivity contribution in [2.24, 2.45) is 0 Å². The molecule has 0 bridgehead atoms. The minimum Gasteiger partial charge on any atom is -0.509 e. The van der Waals surface area contributed by atoms with Gasteiger partial charge in [0.1, 0.15) is 5.82 Å². The number of hydrogen-bond donors (Lipinski definition) is 0. The number of pyridine rings is 1. The van der Waals surface area contributed by atoms with E-state index in [-0.39, 0.29) is 49.1 Å². The second-order valence-corrected chi connectivity index (χ2v) is 24.6. The molecule has 12 rings (SSSR count). The predicted octanol–water partition coefficient (Wildman–Crippen LogP) is 20.5. The molecule has 0 atom stereocenters. The zero-order valence-corrected chi connectivity index (χ0v) is 51.2. The van der Waals surface area contributed by atoms with Gasteiger partial charge in [0, 0.05) is 72.2 Å². The summed E-state index contributed by atoms with van der Waals surface area (Å²) in [5, 5.41) is 2.20. The Balaban J connectivity index is 0.00000705. The molecule has 414 valence electrons. The number of hydrogen-bond acceptors (Lipinski definition) is 4. The Hall–Kier alpha value is -7.98. The minimum atomic E-state index is -0.295. The van der Waals surface area contributed by atoms with Crippen LogP contribution in [0.25, 0.3) is 49.9 Å². The van der Waals surface area contributed by atoms with Gasteiger partial charge in [0.2, 0.25) is 0 Å². The van der Waals surface area contributed by atoms with Gasteiger partial charge in [-0.25, -0.2) is 4.98 Å². The molecule has 1 aliphatic heterocycles. The molecule has 9 aromatic carbocycles. The average Bonchev–Trinajstić information content (AvgIpc) is 4.10. The van der Waals surface area contributed by atoms with Crippen LogP contribution in [0.1, 0.15) is 127 Å². The van der Waals surface area contributed by atoms with Gasteiger partial charge in [0.25, 0.3) is 0 Å². The smallest absolute Gasteiger partial charge is 0.135 e. The number of nitrogens with zero attached hydrogens (tertiary/aromatic N) is 4. The zero-order valence-electron chi connectivity index (χ0n) is 49.0. The fourth-order valence-corrected chi connectivity index (χ4v) is 11.9. The van der Waals surface area contributed by atoms with Gasteiger partial charge in [-0.2, -0.15) is 6.07 Å². The first-order valence-corrected chi connectivity index (χ1v) is 28.6. The van der Waals surface area contributed by atoms with Crippen LogP contribution < -0.4 is 14.5 Å². The SMILES string of the molecule is CC(C)c1cccc(C(C)C)c1-c1cc(Oc2[c-]c3c(cc2)c2ccccc2n3-c2cc(C(C)(C)c3ccccc3)ccn2)[c-]c(N2[CH-]N(c3cc(-c4ccccc4)cc(C(C)(C)c4ccccc4)c3)c3cc(C(C)(C)C)ccc32)c1.[Pt]. The van der Waals surface area contributed by atoms with Crippen molar-refractivity contribution >= 4 is 44.6 Å². The largest absolute Gasteiger partial charge is 0.509 e. The maximum atomic E-state index is 7.20. The van der Waals surface area contributed by atoms with Gasteiger partial charge < -0.3 is 19.1 Å². The summed E-state index contributed by atoms with van der Waals surface area (Å²) >= 11 is 0. The molecule has 2 aromatic heterocycles. The van der Waals surface area contributed by atoms with E-state index < -0.39 is 0 Å². The molecule has 0 radical (unpaired) electrons. The predicted molar refractivity (Wildman–Crippen MR) is 339 cm³/mol. The Kier molecular flexibility index (Phi) is 15.0. The van der Waals surface area contributed by atoms with Crippen LogP contribution in [0.15, 0.2) is 212 Å².